The van der Waals surface area contributed by atoms with Crippen molar-refractivity contribution in [2.45, 2.75) is 13.0 Å². The van der Waals surface area contributed by atoms with Gasteiger partial charge in [0.05, 0.1) is 11.9 Å². The van der Waals surface area contributed by atoms with Crippen LogP contribution in [0, 0.1) is 5.82 Å². The molecular weight excluding hydrogens is 251 g/mol. The van der Waals surface area contributed by atoms with Gasteiger partial charge in [0, 0.05) is 6.42 Å². The quantitative estimate of drug-likeness (QED) is 0.839. The summed E-state index contributed by atoms with van der Waals surface area (Å²) in [6, 6.07) is 4.27. The van der Waals surface area contributed by atoms with E-state index in [0.29, 0.717) is 11.1 Å². The number of benzene rings is 1. The molecule has 0 amide bonds. The minimum atomic E-state index is -0.406. The highest BCUT2D eigenvalue weighted by atomic mass is 79.9. The minimum Gasteiger partial charge on any atom is -0.392 e. The number of aliphatic hydroxyl groups excluding tert-OH is 1. The highest BCUT2D eigenvalue weighted by Gasteiger charge is 2.07. The predicted molar refractivity (Wildman–Crippen MR) is 54.8 cm³/mol. The minimum absolute atomic E-state index is 0.0604. The number of ketones is 1. The molecule has 0 aliphatic heterocycles. The second kappa shape index (κ2) is 5.22. The Balaban J connectivity index is 2.89. The molecule has 0 heterocycles. The summed E-state index contributed by atoms with van der Waals surface area (Å²) in [6.07, 6.45) is 0.0604. The molecule has 0 aliphatic rings. The summed E-state index contributed by atoms with van der Waals surface area (Å²) in [5.74, 6) is -0.490. The molecule has 1 N–H and O–H groups in total. The average Bonchev–Trinajstić information content (AvgIpc) is 2.21. The van der Waals surface area contributed by atoms with Crippen molar-refractivity contribution in [3.05, 3.63) is 35.1 Å². The summed E-state index contributed by atoms with van der Waals surface area (Å²) < 4.78 is 13.2. The van der Waals surface area contributed by atoms with Crippen LogP contribution in [0.4, 0.5) is 4.39 Å². The van der Waals surface area contributed by atoms with Crippen LogP contribution in [0.25, 0.3) is 0 Å². The van der Waals surface area contributed by atoms with Crippen molar-refractivity contribution >= 4 is 21.7 Å². The molecule has 0 fully saturated rings. The summed E-state index contributed by atoms with van der Waals surface area (Å²) >= 11 is 3.01. The van der Waals surface area contributed by atoms with Crippen LogP contribution in [0.3, 0.4) is 0 Å². The summed E-state index contributed by atoms with van der Waals surface area (Å²) in [5, 5.41) is 9.05. The van der Waals surface area contributed by atoms with Crippen molar-refractivity contribution in [2.75, 3.05) is 5.33 Å². The van der Waals surface area contributed by atoms with E-state index in [9.17, 15) is 9.18 Å². The molecule has 1 aromatic carbocycles. The lowest BCUT2D eigenvalue weighted by molar-refractivity contribution is -0.115. The van der Waals surface area contributed by atoms with E-state index in [2.05, 4.69) is 15.9 Å². The molecule has 0 saturated heterocycles. The van der Waals surface area contributed by atoms with E-state index in [1.54, 1.807) is 0 Å². The van der Waals surface area contributed by atoms with Crippen LogP contribution in [0.15, 0.2) is 18.2 Å². The smallest absolute Gasteiger partial charge is 0.147 e. The monoisotopic (exact) mass is 260 g/mol. The van der Waals surface area contributed by atoms with Gasteiger partial charge in [0.1, 0.15) is 11.6 Å². The SMILES string of the molecule is O=C(CBr)Cc1cc(CO)ccc1F. The number of halogens is 2. The standard InChI is InChI=1S/C10H10BrFO2/c11-5-9(14)4-8-3-7(6-13)1-2-10(8)12/h1-3,13H,4-6H2. The van der Waals surface area contributed by atoms with Crippen molar-refractivity contribution in [2.24, 2.45) is 0 Å². The molecule has 2 nitrogen and oxygen atoms in total. The normalized spacial score (nSPS) is 10.2. The van der Waals surface area contributed by atoms with E-state index in [4.69, 9.17) is 5.11 Å². The number of carbonyl (C=O) groups is 1. The first-order valence-electron chi connectivity index (χ1n) is 4.13. The van der Waals surface area contributed by atoms with Crippen LogP contribution in [-0.4, -0.2) is 16.2 Å². The lowest BCUT2D eigenvalue weighted by Crippen LogP contribution is -2.05. The Morgan fingerprint density at radius 1 is 1.50 bits per heavy atom. The van der Waals surface area contributed by atoms with Crippen LogP contribution >= 0.6 is 15.9 Å². The second-order valence-electron chi connectivity index (χ2n) is 2.93. The van der Waals surface area contributed by atoms with Crippen molar-refractivity contribution in [1.82, 2.24) is 0 Å². The summed E-state index contributed by atoms with van der Waals surface area (Å²) in [4.78, 5) is 11.1. The zero-order chi connectivity index (χ0) is 10.6. The molecule has 0 unspecified atom stereocenters. The maximum absolute atomic E-state index is 13.2. The van der Waals surface area contributed by atoms with E-state index >= 15 is 0 Å². The number of hydrogen-bond acceptors (Lipinski definition) is 2. The van der Waals surface area contributed by atoms with Gasteiger partial charge >= 0.3 is 0 Å². The zero-order valence-electron chi connectivity index (χ0n) is 7.46. The molecule has 4 heteroatoms. The van der Waals surface area contributed by atoms with Gasteiger partial charge in [0.2, 0.25) is 0 Å². The molecule has 0 aromatic heterocycles. The van der Waals surface area contributed by atoms with Gasteiger partial charge in [-0.15, -0.1) is 0 Å². The highest BCUT2D eigenvalue weighted by molar-refractivity contribution is 9.09. The number of aliphatic hydroxyl groups is 1. The van der Waals surface area contributed by atoms with Crippen LogP contribution in [0.2, 0.25) is 0 Å². The maximum Gasteiger partial charge on any atom is 0.147 e. The first-order valence-corrected chi connectivity index (χ1v) is 5.25. The molecule has 0 bridgehead atoms. The fourth-order valence-corrected chi connectivity index (χ4v) is 1.32. The third-order valence-corrected chi connectivity index (χ3v) is 2.45. The Bertz CT molecular complexity index is 339. The fourth-order valence-electron chi connectivity index (χ4n) is 1.12. The van der Waals surface area contributed by atoms with Crippen LogP contribution < -0.4 is 0 Å². The van der Waals surface area contributed by atoms with E-state index in [1.807, 2.05) is 0 Å². The first-order chi connectivity index (χ1) is 6.67. The summed E-state index contributed by atoms with van der Waals surface area (Å²) in [5.41, 5.74) is 0.949. The zero-order valence-corrected chi connectivity index (χ0v) is 9.05. The lowest BCUT2D eigenvalue weighted by Gasteiger charge is -2.03. The summed E-state index contributed by atoms with van der Waals surface area (Å²) in [6.45, 7) is -0.143. The molecule has 1 rings (SSSR count). The number of hydrogen-bond donors (Lipinski definition) is 1. The number of carbonyl (C=O) groups excluding carboxylic acids is 1. The third-order valence-electron chi connectivity index (χ3n) is 1.83. The number of rotatable bonds is 4. The number of Topliss-reactive ketones (excluding diaryl/α,β-unsaturated/α-hetero) is 1. The van der Waals surface area contributed by atoms with E-state index in [-0.39, 0.29) is 24.1 Å². The molecule has 1 aromatic rings. The van der Waals surface area contributed by atoms with Gasteiger partial charge in [-0.2, -0.15) is 0 Å². The summed E-state index contributed by atoms with van der Waals surface area (Å²) in [7, 11) is 0. The predicted octanol–water partition coefficient (Wildman–Crippen LogP) is 1.82. The van der Waals surface area contributed by atoms with Crippen molar-refractivity contribution < 1.29 is 14.3 Å². The largest absolute Gasteiger partial charge is 0.392 e. The maximum atomic E-state index is 13.2. The molecule has 0 saturated carbocycles. The Morgan fingerprint density at radius 3 is 2.79 bits per heavy atom. The van der Waals surface area contributed by atoms with Crippen LogP contribution in [0.5, 0.6) is 0 Å². The first kappa shape index (κ1) is 11.3. The van der Waals surface area contributed by atoms with E-state index in [0.717, 1.165) is 0 Å². The van der Waals surface area contributed by atoms with Gasteiger partial charge < -0.3 is 5.11 Å². The molecule has 0 radical (unpaired) electrons. The molecule has 76 valence electrons. The molecule has 0 spiro atoms. The van der Waals surface area contributed by atoms with Gasteiger partial charge in [-0.1, -0.05) is 28.1 Å². The van der Waals surface area contributed by atoms with Crippen molar-refractivity contribution in [3.63, 3.8) is 0 Å². The Labute approximate surface area is 89.9 Å². The molecule has 0 atom stereocenters. The van der Waals surface area contributed by atoms with Crippen LogP contribution in [-0.2, 0) is 17.8 Å². The van der Waals surface area contributed by atoms with Gasteiger partial charge in [-0.05, 0) is 17.2 Å². The van der Waals surface area contributed by atoms with Crippen molar-refractivity contribution in [1.29, 1.82) is 0 Å². The molecular formula is C10H10BrFO2. The third kappa shape index (κ3) is 2.89. The molecule has 14 heavy (non-hydrogen) atoms. The van der Waals surface area contributed by atoms with Gasteiger partial charge in [-0.3, -0.25) is 4.79 Å². The Morgan fingerprint density at radius 2 is 2.21 bits per heavy atom. The number of alkyl halides is 1. The van der Waals surface area contributed by atoms with Gasteiger partial charge in [-0.25, -0.2) is 4.39 Å². The van der Waals surface area contributed by atoms with E-state index in [1.165, 1.54) is 18.2 Å². The van der Waals surface area contributed by atoms with Gasteiger partial charge in [0.25, 0.3) is 0 Å². The van der Waals surface area contributed by atoms with E-state index < -0.39 is 5.82 Å². The molecule has 0 aliphatic carbocycles. The Kier molecular flexibility index (Phi) is 4.22. The second-order valence-corrected chi connectivity index (χ2v) is 3.49. The topological polar surface area (TPSA) is 37.3 Å². The fraction of sp³-hybridized carbons (Fsp3) is 0.300. The Hall–Kier alpha value is -0.740. The lowest BCUT2D eigenvalue weighted by atomic mass is 10.1. The van der Waals surface area contributed by atoms with Crippen LogP contribution in [0.1, 0.15) is 11.1 Å². The average molecular weight is 261 g/mol. The van der Waals surface area contributed by atoms with Crippen molar-refractivity contribution in [3.8, 4) is 0 Å². The highest BCUT2D eigenvalue weighted by Crippen LogP contribution is 2.12. The van der Waals surface area contributed by atoms with Gasteiger partial charge in [0.15, 0.2) is 0 Å².